The molecule has 1 atom stereocenters. The highest BCUT2D eigenvalue weighted by Gasteiger charge is 2.14. The molecule has 0 bridgehead atoms. The molecule has 1 nitrogen and oxygen atoms in total. The number of thioether (sulfide) groups is 1. The second kappa shape index (κ2) is 5.89. The van der Waals surface area contributed by atoms with Crippen LogP contribution in [0.2, 0.25) is 5.02 Å². The maximum atomic E-state index is 13.1. The minimum Gasteiger partial charge on any atom is -0.312 e. The van der Waals surface area contributed by atoms with Crippen LogP contribution in [0.1, 0.15) is 12.0 Å². The average molecular weight is 260 g/mol. The van der Waals surface area contributed by atoms with Crippen molar-refractivity contribution < 1.29 is 4.39 Å². The Morgan fingerprint density at radius 2 is 2.38 bits per heavy atom. The summed E-state index contributed by atoms with van der Waals surface area (Å²) >= 11 is 7.64. The van der Waals surface area contributed by atoms with Gasteiger partial charge in [-0.1, -0.05) is 17.7 Å². The zero-order valence-corrected chi connectivity index (χ0v) is 10.6. The molecule has 0 radical (unpaired) electrons. The summed E-state index contributed by atoms with van der Waals surface area (Å²) in [6.07, 6.45) is 1.30. The first-order chi connectivity index (χ1) is 7.75. The van der Waals surface area contributed by atoms with Gasteiger partial charge in [-0.05, 0) is 48.1 Å². The minimum absolute atomic E-state index is 0.191. The third-order valence-electron chi connectivity index (χ3n) is 2.77. The number of hydrogen-bond donors (Lipinski definition) is 1. The molecule has 1 unspecified atom stereocenters. The summed E-state index contributed by atoms with van der Waals surface area (Å²) in [5.41, 5.74) is 0.951. The zero-order valence-electron chi connectivity index (χ0n) is 9.01. The van der Waals surface area contributed by atoms with Crippen molar-refractivity contribution in [3.63, 3.8) is 0 Å². The van der Waals surface area contributed by atoms with Gasteiger partial charge in [0.1, 0.15) is 5.82 Å². The molecule has 1 aliphatic heterocycles. The van der Waals surface area contributed by atoms with Crippen molar-refractivity contribution in [1.29, 1.82) is 0 Å². The smallest absolute Gasteiger partial charge is 0.142 e. The van der Waals surface area contributed by atoms with E-state index >= 15 is 0 Å². The molecule has 2 rings (SSSR count). The van der Waals surface area contributed by atoms with Crippen LogP contribution in [-0.4, -0.2) is 18.1 Å². The number of hydrogen-bond acceptors (Lipinski definition) is 2. The fraction of sp³-hybridized carbons (Fsp3) is 0.500. The lowest BCUT2D eigenvalue weighted by Gasteiger charge is -2.10. The average Bonchev–Trinajstić information content (AvgIpc) is 2.76. The molecule has 1 fully saturated rings. The molecule has 1 heterocycles. The minimum atomic E-state index is -0.336. The Morgan fingerprint density at radius 1 is 1.50 bits per heavy atom. The summed E-state index contributed by atoms with van der Waals surface area (Å²) in [6.45, 7) is 1.74. The van der Waals surface area contributed by atoms with Gasteiger partial charge in [0.15, 0.2) is 0 Å². The standard InChI is InChI=1S/C12H15ClFNS/c13-11-2-1-9(5-12(11)14)6-15-7-10-3-4-16-8-10/h1-2,5,10,15H,3-4,6-8H2. The van der Waals surface area contributed by atoms with Gasteiger partial charge in [-0.2, -0.15) is 11.8 Å². The van der Waals surface area contributed by atoms with Crippen LogP contribution in [0, 0.1) is 11.7 Å². The highest BCUT2D eigenvalue weighted by atomic mass is 35.5. The van der Waals surface area contributed by atoms with Crippen LogP contribution in [0.15, 0.2) is 18.2 Å². The summed E-state index contributed by atoms with van der Waals surface area (Å²) in [5, 5.41) is 3.56. The first kappa shape index (κ1) is 12.2. The summed E-state index contributed by atoms with van der Waals surface area (Å²) < 4.78 is 13.1. The Bertz CT molecular complexity index is 353. The Labute approximate surface area is 105 Å². The van der Waals surface area contributed by atoms with E-state index in [4.69, 9.17) is 11.6 Å². The predicted molar refractivity (Wildman–Crippen MR) is 68.5 cm³/mol. The molecular formula is C12H15ClFNS. The first-order valence-corrected chi connectivity index (χ1v) is 7.01. The van der Waals surface area contributed by atoms with Gasteiger partial charge in [-0.3, -0.25) is 0 Å². The summed E-state index contributed by atoms with van der Waals surface area (Å²) in [7, 11) is 0. The molecule has 4 heteroatoms. The Morgan fingerprint density at radius 3 is 3.06 bits per heavy atom. The molecular weight excluding hydrogens is 245 g/mol. The molecule has 1 aliphatic rings. The SMILES string of the molecule is Fc1cc(CNCC2CCSC2)ccc1Cl. The van der Waals surface area contributed by atoms with Gasteiger partial charge in [0, 0.05) is 6.54 Å². The van der Waals surface area contributed by atoms with Crippen molar-refractivity contribution in [2.24, 2.45) is 5.92 Å². The topological polar surface area (TPSA) is 12.0 Å². The zero-order chi connectivity index (χ0) is 11.4. The van der Waals surface area contributed by atoms with Gasteiger partial charge in [0.25, 0.3) is 0 Å². The van der Waals surface area contributed by atoms with Gasteiger partial charge >= 0.3 is 0 Å². The van der Waals surface area contributed by atoms with Crippen LogP contribution >= 0.6 is 23.4 Å². The Hall–Kier alpha value is -0.250. The summed E-state index contributed by atoms with van der Waals surface area (Å²) in [5.74, 6) is 2.98. The second-order valence-corrected chi connectivity index (χ2v) is 5.67. The molecule has 1 aromatic rings. The fourth-order valence-electron chi connectivity index (χ4n) is 1.81. The van der Waals surface area contributed by atoms with Gasteiger partial charge in [0.05, 0.1) is 5.02 Å². The number of benzene rings is 1. The lowest BCUT2D eigenvalue weighted by Crippen LogP contribution is -2.22. The van der Waals surface area contributed by atoms with Crippen LogP contribution in [0.3, 0.4) is 0 Å². The summed E-state index contributed by atoms with van der Waals surface area (Å²) in [6, 6.07) is 4.97. The van der Waals surface area contributed by atoms with Crippen LogP contribution in [0.25, 0.3) is 0 Å². The van der Waals surface area contributed by atoms with E-state index in [2.05, 4.69) is 5.32 Å². The van der Waals surface area contributed by atoms with Gasteiger partial charge in [-0.15, -0.1) is 0 Å². The van der Waals surface area contributed by atoms with Crippen molar-refractivity contribution in [3.05, 3.63) is 34.6 Å². The Balaban J connectivity index is 1.78. The molecule has 16 heavy (non-hydrogen) atoms. The third-order valence-corrected chi connectivity index (χ3v) is 4.31. The van der Waals surface area contributed by atoms with Gasteiger partial charge in [-0.25, -0.2) is 4.39 Å². The quantitative estimate of drug-likeness (QED) is 0.890. The molecule has 1 saturated heterocycles. The second-order valence-electron chi connectivity index (χ2n) is 4.11. The lowest BCUT2D eigenvalue weighted by atomic mass is 10.1. The molecule has 0 saturated carbocycles. The Kier molecular flexibility index (Phi) is 4.50. The molecule has 88 valence electrons. The molecule has 1 N–H and O–H groups in total. The first-order valence-electron chi connectivity index (χ1n) is 5.48. The summed E-state index contributed by atoms with van der Waals surface area (Å²) in [4.78, 5) is 0. The molecule has 1 aromatic carbocycles. The van der Waals surface area contributed by atoms with E-state index in [1.807, 2.05) is 17.8 Å². The highest BCUT2D eigenvalue weighted by molar-refractivity contribution is 7.99. The van der Waals surface area contributed by atoms with Crippen molar-refractivity contribution in [1.82, 2.24) is 5.32 Å². The van der Waals surface area contributed by atoms with E-state index < -0.39 is 0 Å². The van der Waals surface area contributed by atoms with Crippen LogP contribution in [0.5, 0.6) is 0 Å². The van der Waals surface area contributed by atoms with Crippen LogP contribution in [-0.2, 0) is 6.54 Å². The van der Waals surface area contributed by atoms with Crippen LogP contribution < -0.4 is 5.32 Å². The van der Waals surface area contributed by atoms with E-state index in [0.29, 0.717) is 0 Å². The predicted octanol–water partition coefficient (Wildman–Crippen LogP) is 3.32. The van der Waals surface area contributed by atoms with Crippen molar-refractivity contribution in [2.75, 3.05) is 18.1 Å². The van der Waals surface area contributed by atoms with Gasteiger partial charge < -0.3 is 5.32 Å². The lowest BCUT2D eigenvalue weighted by molar-refractivity contribution is 0.522. The van der Waals surface area contributed by atoms with Crippen molar-refractivity contribution in [3.8, 4) is 0 Å². The van der Waals surface area contributed by atoms with Crippen molar-refractivity contribution >= 4 is 23.4 Å². The monoisotopic (exact) mass is 259 g/mol. The van der Waals surface area contributed by atoms with E-state index in [1.54, 1.807) is 6.07 Å². The highest BCUT2D eigenvalue weighted by Crippen LogP contribution is 2.22. The number of nitrogens with one attached hydrogen (secondary N) is 1. The third kappa shape index (κ3) is 3.37. The normalized spacial score (nSPS) is 20.2. The van der Waals surface area contributed by atoms with E-state index in [0.717, 1.165) is 24.6 Å². The van der Waals surface area contributed by atoms with E-state index in [-0.39, 0.29) is 10.8 Å². The van der Waals surface area contributed by atoms with Crippen LogP contribution in [0.4, 0.5) is 4.39 Å². The molecule has 0 aliphatic carbocycles. The van der Waals surface area contributed by atoms with Gasteiger partial charge in [0.2, 0.25) is 0 Å². The maximum absolute atomic E-state index is 13.1. The maximum Gasteiger partial charge on any atom is 0.142 e. The largest absolute Gasteiger partial charge is 0.312 e. The number of halogens is 2. The van der Waals surface area contributed by atoms with Crippen molar-refractivity contribution in [2.45, 2.75) is 13.0 Å². The van der Waals surface area contributed by atoms with E-state index in [9.17, 15) is 4.39 Å². The number of rotatable bonds is 4. The molecule has 0 aromatic heterocycles. The fourth-order valence-corrected chi connectivity index (χ4v) is 3.22. The van der Waals surface area contributed by atoms with E-state index in [1.165, 1.54) is 24.0 Å². The molecule has 0 spiro atoms. The molecule has 0 amide bonds.